The molecule has 1 aromatic carbocycles. The normalized spacial score (nSPS) is 11.7. The van der Waals surface area contributed by atoms with E-state index in [4.69, 9.17) is 39.5 Å². The lowest BCUT2D eigenvalue weighted by Gasteiger charge is -2.18. The Morgan fingerprint density at radius 1 is 1.05 bits per heavy atom. The van der Waals surface area contributed by atoms with Gasteiger partial charge in [-0.1, -0.05) is 55.6 Å². The molecule has 0 saturated carbocycles. The summed E-state index contributed by atoms with van der Waals surface area (Å²) >= 11 is 17.9. The van der Waals surface area contributed by atoms with Crippen LogP contribution < -0.4 is 10.1 Å². The summed E-state index contributed by atoms with van der Waals surface area (Å²) in [6, 6.07) is 3.24. The van der Waals surface area contributed by atoms with Crippen LogP contribution in [0.3, 0.4) is 0 Å². The summed E-state index contributed by atoms with van der Waals surface area (Å²) in [5.74, 6) is 0.491. The first-order valence-corrected chi connectivity index (χ1v) is 7.41. The van der Waals surface area contributed by atoms with Gasteiger partial charge >= 0.3 is 0 Å². The van der Waals surface area contributed by atoms with Gasteiger partial charge in [0.05, 0.1) is 10.0 Å². The maximum Gasteiger partial charge on any atom is 0.156 e. The average Bonchev–Trinajstić information content (AvgIpc) is 2.24. The van der Waals surface area contributed by atoms with Gasteiger partial charge in [0.15, 0.2) is 5.75 Å². The van der Waals surface area contributed by atoms with Crippen molar-refractivity contribution in [2.45, 2.75) is 27.2 Å². The number of hydrogen-bond donors (Lipinski definition) is 1. The van der Waals surface area contributed by atoms with Crippen molar-refractivity contribution in [2.75, 3.05) is 19.7 Å². The van der Waals surface area contributed by atoms with Gasteiger partial charge in [0.2, 0.25) is 0 Å². The lowest BCUT2D eigenvalue weighted by atomic mass is 9.92. The zero-order chi connectivity index (χ0) is 14.5. The van der Waals surface area contributed by atoms with Gasteiger partial charge in [-0.3, -0.25) is 0 Å². The largest absolute Gasteiger partial charge is 0.489 e. The van der Waals surface area contributed by atoms with Gasteiger partial charge in [0.1, 0.15) is 6.61 Å². The van der Waals surface area contributed by atoms with Gasteiger partial charge in [-0.2, -0.15) is 0 Å². The molecule has 0 bridgehead atoms. The van der Waals surface area contributed by atoms with Gasteiger partial charge in [0, 0.05) is 11.6 Å². The highest BCUT2D eigenvalue weighted by Gasteiger charge is 2.10. The summed E-state index contributed by atoms with van der Waals surface area (Å²) < 4.78 is 5.57. The van der Waals surface area contributed by atoms with Crippen LogP contribution in [0.4, 0.5) is 0 Å². The highest BCUT2D eigenvalue weighted by molar-refractivity contribution is 6.40. The van der Waals surface area contributed by atoms with Crippen molar-refractivity contribution in [1.82, 2.24) is 5.32 Å². The standard InChI is InChI=1S/C14H20Cl3NO/c1-14(2,3)4-5-18-6-7-19-13-11(16)8-10(15)9-12(13)17/h8-9,18H,4-7H2,1-3H3. The molecular formula is C14H20Cl3NO. The van der Waals surface area contributed by atoms with E-state index in [0.717, 1.165) is 19.5 Å². The first kappa shape index (κ1) is 16.9. The molecule has 0 fully saturated rings. The molecule has 0 aliphatic rings. The maximum atomic E-state index is 6.02. The van der Waals surface area contributed by atoms with Gasteiger partial charge in [-0.15, -0.1) is 0 Å². The number of rotatable bonds is 6. The number of halogens is 3. The summed E-state index contributed by atoms with van der Waals surface area (Å²) in [6.45, 7) is 8.90. The topological polar surface area (TPSA) is 21.3 Å². The van der Waals surface area contributed by atoms with Crippen molar-refractivity contribution in [3.63, 3.8) is 0 Å². The van der Waals surface area contributed by atoms with E-state index in [9.17, 15) is 0 Å². The molecule has 108 valence electrons. The molecule has 0 radical (unpaired) electrons. The molecule has 2 nitrogen and oxygen atoms in total. The lowest BCUT2D eigenvalue weighted by molar-refractivity contribution is 0.304. The van der Waals surface area contributed by atoms with Crippen LogP contribution in [0.1, 0.15) is 27.2 Å². The molecule has 0 atom stereocenters. The van der Waals surface area contributed by atoms with Crippen molar-refractivity contribution in [3.05, 3.63) is 27.2 Å². The molecule has 0 spiro atoms. The predicted molar refractivity (Wildman–Crippen MR) is 83.9 cm³/mol. The van der Waals surface area contributed by atoms with E-state index in [1.807, 2.05) is 0 Å². The van der Waals surface area contributed by atoms with Crippen LogP contribution in [0.25, 0.3) is 0 Å². The van der Waals surface area contributed by atoms with E-state index in [1.165, 1.54) is 0 Å². The second-order valence-electron chi connectivity index (χ2n) is 5.61. The van der Waals surface area contributed by atoms with Gasteiger partial charge < -0.3 is 10.1 Å². The van der Waals surface area contributed by atoms with Crippen LogP contribution in [0.15, 0.2) is 12.1 Å². The van der Waals surface area contributed by atoms with Crippen LogP contribution >= 0.6 is 34.8 Å². The molecule has 1 N–H and O–H groups in total. The molecule has 0 unspecified atom stereocenters. The molecular weight excluding hydrogens is 305 g/mol. The molecule has 0 aromatic heterocycles. The number of nitrogens with one attached hydrogen (secondary N) is 1. The van der Waals surface area contributed by atoms with Crippen LogP contribution in [0.2, 0.25) is 15.1 Å². The monoisotopic (exact) mass is 323 g/mol. The Labute approximate surface area is 130 Å². The summed E-state index contributed by atoms with van der Waals surface area (Å²) in [5, 5.41) is 4.70. The molecule has 0 amide bonds. The molecule has 1 rings (SSSR count). The minimum atomic E-state index is 0.344. The molecule has 0 heterocycles. The summed E-state index contributed by atoms with van der Waals surface area (Å²) in [6.07, 6.45) is 1.12. The third kappa shape index (κ3) is 6.71. The summed E-state index contributed by atoms with van der Waals surface area (Å²) in [4.78, 5) is 0. The van der Waals surface area contributed by atoms with Crippen molar-refractivity contribution < 1.29 is 4.74 Å². The maximum absolute atomic E-state index is 6.02. The molecule has 0 aliphatic heterocycles. The van der Waals surface area contributed by atoms with Crippen LogP contribution in [-0.4, -0.2) is 19.7 Å². The molecule has 5 heteroatoms. The third-order valence-electron chi connectivity index (χ3n) is 2.54. The molecule has 1 aromatic rings. The second kappa shape index (κ2) is 7.58. The quantitative estimate of drug-likeness (QED) is 0.739. The number of benzene rings is 1. The van der Waals surface area contributed by atoms with Crippen molar-refractivity contribution in [3.8, 4) is 5.75 Å². The summed E-state index contributed by atoms with van der Waals surface area (Å²) in [5.41, 5.74) is 0.344. The van der Waals surface area contributed by atoms with Crippen molar-refractivity contribution in [1.29, 1.82) is 0 Å². The fourth-order valence-corrected chi connectivity index (χ4v) is 2.41. The first-order chi connectivity index (χ1) is 8.79. The Bertz CT molecular complexity index is 393. The SMILES string of the molecule is CC(C)(C)CCNCCOc1c(Cl)cc(Cl)cc1Cl. The van der Waals surface area contributed by atoms with Gasteiger partial charge in [-0.25, -0.2) is 0 Å². The minimum Gasteiger partial charge on any atom is -0.489 e. The van der Waals surface area contributed by atoms with Gasteiger partial charge in [-0.05, 0) is 30.5 Å². The number of ether oxygens (including phenoxy) is 1. The molecule has 0 saturated heterocycles. The van der Waals surface area contributed by atoms with Gasteiger partial charge in [0.25, 0.3) is 0 Å². The van der Waals surface area contributed by atoms with Crippen molar-refractivity contribution in [2.24, 2.45) is 5.41 Å². The smallest absolute Gasteiger partial charge is 0.156 e. The van der Waals surface area contributed by atoms with Crippen LogP contribution in [0.5, 0.6) is 5.75 Å². The molecule has 19 heavy (non-hydrogen) atoms. The fraction of sp³-hybridized carbons (Fsp3) is 0.571. The fourth-order valence-electron chi connectivity index (χ4n) is 1.48. The second-order valence-corrected chi connectivity index (χ2v) is 6.86. The van der Waals surface area contributed by atoms with E-state index in [0.29, 0.717) is 32.8 Å². The van der Waals surface area contributed by atoms with E-state index >= 15 is 0 Å². The van der Waals surface area contributed by atoms with E-state index < -0.39 is 0 Å². The highest BCUT2D eigenvalue weighted by atomic mass is 35.5. The number of hydrogen-bond acceptors (Lipinski definition) is 2. The predicted octanol–water partition coefficient (Wildman–Crippen LogP) is 5.05. The Kier molecular flexibility index (Phi) is 6.75. The van der Waals surface area contributed by atoms with Crippen LogP contribution in [0, 0.1) is 5.41 Å². The van der Waals surface area contributed by atoms with E-state index in [-0.39, 0.29) is 0 Å². The Morgan fingerprint density at radius 2 is 1.63 bits per heavy atom. The van der Waals surface area contributed by atoms with Crippen LogP contribution in [-0.2, 0) is 0 Å². The van der Waals surface area contributed by atoms with E-state index in [2.05, 4.69) is 26.1 Å². The Morgan fingerprint density at radius 3 is 2.16 bits per heavy atom. The Hall–Kier alpha value is -0.150. The van der Waals surface area contributed by atoms with E-state index in [1.54, 1.807) is 12.1 Å². The minimum absolute atomic E-state index is 0.344. The zero-order valence-corrected chi connectivity index (χ0v) is 13.8. The third-order valence-corrected chi connectivity index (χ3v) is 3.32. The molecule has 0 aliphatic carbocycles. The highest BCUT2D eigenvalue weighted by Crippen LogP contribution is 2.35. The average molecular weight is 325 g/mol. The zero-order valence-electron chi connectivity index (χ0n) is 11.5. The first-order valence-electron chi connectivity index (χ1n) is 6.28. The lowest BCUT2D eigenvalue weighted by Crippen LogP contribution is -2.25. The summed E-state index contributed by atoms with van der Waals surface area (Å²) in [7, 11) is 0. The Balaban J connectivity index is 2.30. The van der Waals surface area contributed by atoms with Crippen molar-refractivity contribution >= 4 is 34.8 Å².